The Hall–Kier alpha value is -1.18. The number of nitrogens with two attached hydrogens (primary N) is 1. The lowest BCUT2D eigenvalue weighted by Gasteiger charge is -2.39. The highest BCUT2D eigenvalue weighted by Crippen LogP contribution is 2.33. The smallest absolute Gasteiger partial charge is 0.379 e. The van der Waals surface area contributed by atoms with Crippen molar-refractivity contribution in [1.82, 2.24) is 4.90 Å². The standard InChI is InChI=1S/C14H18F4N2O/c1-9-8-21-3-2-20(9)13(7-19)10-4-11(14(16,17)18)6-12(15)5-10/h4-6,9,13H,2-3,7-8,19H2,1H3. The molecular formula is C14H18F4N2O. The van der Waals surface area contributed by atoms with Crippen molar-refractivity contribution in [3.63, 3.8) is 0 Å². The molecule has 1 aromatic carbocycles. The molecule has 0 amide bonds. The van der Waals surface area contributed by atoms with Crippen LogP contribution in [-0.2, 0) is 10.9 Å². The largest absolute Gasteiger partial charge is 0.416 e. The van der Waals surface area contributed by atoms with Gasteiger partial charge in [0.15, 0.2) is 0 Å². The number of benzene rings is 1. The Balaban J connectivity index is 2.35. The Morgan fingerprint density at radius 3 is 2.67 bits per heavy atom. The number of hydrogen-bond donors (Lipinski definition) is 1. The summed E-state index contributed by atoms with van der Waals surface area (Å²) in [5, 5.41) is 0. The molecule has 2 atom stereocenters. The van der Waals surface area contributed by atoms with Crippen LogP contribution in [0, 0.1) is 5.82 Å². The van der Waals surface area contributed by atoms with E-state index in [2.05, 4.69) is 0 Å². The third-order valence-electron chi connectivity index (χ3n) is 3.67. The van der Waals surface area contributed by atoms with Crippen LogP contribution in [0.2, 0.25) is 0 Å². The fourth-order valence-corrected chi connectivity index (χ4v) is 2.63. The summed E-state index contributed by atoms with van der Waals surface area (Å²) >= 11 is 0. The van der Waals surface area contributed by atoms with E-state index >= 15 is 0 Å². The molecule has 2 N–H and O–H groups in total. The van der Waals surface area contributed by atoms with Crippen molar-refractivity contribution in [3.05, 3.63) is 35.1 Å². The van der Waals surface area contributed by atoms with E-state index in [1.54, 1.807) is 0 Å². The summed E-state index contributed by atoms with van der Waals surface area (Å²) in [5.74, 6) is -0.904. The molecule has 0 bridgehead atoms. The monoisotopic (exact) mass is 306 g/mol. The second kappa shape index (κ2) is 6.29. The Kier molecular flexibility index (Phi) is 4.85. The lowest BCUT2D eigenvalue weighted by Crippen LogP contribution is -2.47. The average Bonchev–Trinajstić information content (AvgIpc) is 2.40. The van der Waals surface area contributed by atoms with Gasteiger partial charge in [-0.3, -0.25) is 4.90 Å². The van der Waals surface area contributed by atoms with E-state index in [0.29, 0.717) is 25.8 Å². The highest BCUT2D eigenvalue weighted by molar-refractivity contribution is 5.29. The third-order valence-corrected chi connectivity index (χ3v) is 3.67. The molecule has 21 heavy (non-hydrogen) atoms. The molecule has 1 aliphatic rings. The van der Waals surface area contributed by atoms with Crippen molar-refractivity contribution in [2.75, 3.05) is 26.3 Å². The van der Waals surface area contributed by atoms with Gasteiger partial charge in [-0.15, -0.1) is 0 Å². The summed E-state index contributed by atoms with van der Waals surface area (Å²) in [6.07, 6.45) is -4.58. The van der Waals surface area contributed by atoms with Gasteiger partial charge in [-0.05, 0) is 30.7 Å². The molecule has 2 unspecified atom stereocenters. The molecular weight excluding hydrogens is 288 g/mol. The minimum Gasteiger partial charge on any atom is -0.379 e. The topological polar surface area (TPSA) is 38.5 Å². The first-order chi connectivity index (χ1) is 9.82. The van der Waals surface area contributed by atoms with Crippen LogP contribution in [0.1, 0.15) is 24.1 Å². The van der Waals surface area contributed by atoms with Crippen molar-refractivity contribution in [2.45, 2.75) is 25.2 Å². The van der Waals surface area contributed by atoms with Gasteiger partial charge >= 0.3 is 6.18 Å². The van der Waals surface area contributed by atoms with Crippen molar-refractivity contribution >= 4 is 0 Å². The van der Waals surface area contributed by atoms with Crippen LogP contribution in [0.5, 0.6) is 0 Å². The first-order valence-corrected chi connectivity index (χ1v) is 6.74. The zero-order chi connectivity index (χ0) is 15.6. The molecule has 1 heterocycles. The molecule has 1 fully saturated rings. The molecule has 2 rings (SSSR count). The quantitative estimate of drug-likeness (QED) is 0.872. The second-order valence-corrected chi connectivity index (χ2v) is 5.18. The van der Waals surface area contributed by atoms with Crippen molar-refractivity contribution in [2.24, 2.45) is 5.73 Å². The zero-order valence-electron chi connectivity index (χ0n) is 11.7. The van der Waals surface area contributed by atoms with Gasteiger partial charge in [0.25, 0.3) is 0 Å². The summed E-state index contributed by atoms with van der Waals surface area (Å²) in [5.41, 5.74) is 4.98. The first-order valence-electron chi connectivity index (χ1n) is 6.74. The molecule has 1 aromatic rings. The molecule has 0 saturated carbocycles. The van der Waals surface area contributed by atoms with Gasteiger partial charge in [0.1, 0.15) is 5.82 Å². The van der Waals surface area contributed by atoms with E-state index in [4.69, 9.17) is 10.5 Å². The summed E-state index contributed by atoms with van der Waals surface area (Å²) in [6.45, 7) is 3.55. The van der Waals surface area contributed by atoms with Crippen LogP contribution >= 0.6 is 0 Å². The van der Waals surface area contributed by atoms with Gasteiger partial charge < -0.3 is 10.5 Å². The Bertz CT molecular complexity index is 492. The fourth-order valence-electron chi connectivity index (χ4n) is 2.63. The molecule has 0 aliphatic carbocycles. The van der Waals surface area contributed by atoms with Gasteiger partial charge in [0, 0.05) is 25.2 Å². The summed E-state index contributed by atoms with van der Waals surface area (Å²) in [4.78, 5) is 1.96. The second-order valence-electron chi connectivity index (χ2n) is 5.18. The number of hydrogen-bond acceptors (Lipinski definition) is 3. The van der Waals surface area contributed by atoms with Gasteiger partial charge in [-0.1, -0.05) is 0 Å². The predicted molar refractivity (Wildman–Crippen MR) is 70.2 cm³/mol. The molecule has 0 radical (unpaired) electrons. The third kappa shape index (κ3) is 3.72. The molecule has 7 heteroatoms. The fraction of sp³-hybridized carbons (Fsp3) is 0.571. The lowest BCUT2D eigenvalue weighted by atomic mass is 10.00. The number of morpholine rings is 1. The minimum absolute atomic E-state index is 0.0184. The molecule has 3 nitrogen and oxygen atoms in total. The summed E-state index contributed by atoms with van der Waals surface area (Å²) in [7, 11) is 0. The summed E-state index contributed by atoms with van der Waals surface area (Å²) < 4.78 is 57.3. The van der Waals surface area contributed by atoms with E-state index in [0.717, 1.165) is 12.1 Å². The average molecular weight is 306 g/mol. The Morgan fingerprint density at radius 1 is 1.38 bits per heavy atom. The zero-order valence-corrected chi connectivity index (χ0v) is 11.7. The predicted octanol–water partition coefficient (Wildman–Crippen LogP) is 2.57. The van der Waals surface area contributed by atoms with E-state index in [-0.39, 0.29) is 18.2 Å². The van der Waals surface area contributed by atoms with E-state index in [1.807, 2.05) is 11.8 Å². The van der Waals surface area contributed by atoms with Crippen molar-refractivity contribution in [3.8, 4) is 0 Å². The molecule has 118 valence electrons. The molecule has 1 saturated heterocycles. The minimum atomic E-state index is -4.58. The first kappa shape index (κ1) is 16.2. The van der Waals surface area contributed by atoms with Crippen LogP contribution < -0.4 is 5.73 Å². The van der Waals surface area contributed by atoms with Crippen LogP contribution in [0.15, 0.2) is 18.2 Å². The van der Waals surface area contributed by atoms with Crippen LogP contribution in [0.25, 0.3) is 0 Å². The number of ether oxygens (including phenoxy) is 1. The van der Waals surface area contributed by atoms with Crippen molar-refractivity contribution < 1.29 is 22.3 Å². The van der Waals surface area contributed by atoms with Crippen LogP contribution in [-0.4, -0.2) is 37.2 Å². The molecule has 1 aliphatic heterocycles. The maximum Gasteiger partial charge on any atom is 0.416 e. The number of halogens is 4. The van der Waals surface area contributed by atoms with Crippen molar-refractivity contribution in [1.29, 1.82) is 0 Å². The van der Waals surface area contributed by atoms with Gasteiger partial charge in [0.05, 0.1) is 18.8 Å². The maximum atomic E-state index is 13.5. The SMILES string of the molecule is CC1COCCN1C(CN)c1cc(F)cc(C(F)(F)F)c1. The number of alkyl halides is 3. The summed E-state index contributed by atoms with van der Waals surface area (Å²) in [6, 6.07) is 2.16. The van der Waals surface area contributed by atoms with Gasteiger partial charge in [-0.2, -0.15) is 13.2 Å². The molecule has 0 spiro atoms. The highest BCUT2D eigenvalue weighted by atomic mass is 19.4. The normalized spacial score (nSPS) is 22.3. The Labute approximate surface area is 120 Å². The Morgan fingerprint density at radius 2 is 2.10 bits per heavy atom. The van der Waals surface area contributed by atoms with Gasteiger partial charge in [0.2, 0.25) is 0 Å². The van der Waals surface area contributed by atoms with Crippen LogP contribution in [0.3, 0.4) is 0 Å². The van der Waals surface area contributed by atoms with E-state index in [9.17, 15) is 17.6 Å². The van der Waals surface area contributed by atoms with Crippen LogP contribution in [0.4, 0.5) is 17.6 Å². The number of rotatable bonds is 3. The maximum absolute atomic E-state index is 13.5. The van der Waals surface area contributed by atoms with E-state index < -0.39 is 23.6 Å². The van der Waals surface area contributed by atoms with E-state index in [1.165, 1.54) is 0 Å². The number of nitrogens with zero attached hydrogens (tertiary/aromatic N) is 1. The lowest BCUT2D eigenvalue weighted by molar-refractivity contribution is -0.137. The van der Waals surface area contributed by atoms with Gasteiger partial charge in [-0.25, -0.2) is 4.39 Å². The highest BCUT2D eigenvalue weighted by Gasteiger charge is 2.33. The molecule has 0 aromatic heterocycles.